The molecule has 5 rings (SSSR count). The molecule has 1 aromatic heterocycles. The molecule has 0 amide bonds. The molecule has 9 heteroatoms. The largest absolute Gasteiger partial charge is 0.477 e. The van der Waals surface area contributed by atoms with Crippen molar-refractivity contribution in [3.05, 3.63) is 39.7 Å². The number of anilines is 1. The van der Waals surface area contributed by atoms with Crippen molar-refractivity contribution in [2.75, 3.05) is 31.6 Å². The lowest BCUT2D eigenvalue weighted by Gasteiger charge is -2.32. The van der Waals surface area contributed by atoms with E-state index < -0.39 is 28.6 Å². The molecule has 158 valence electrons. The fraction of sp³-hybridized carbons (Fsp3) is 0.476. The number of carboxylic acids is 1. The predicted molar refractivity (Wildman–Crippen MR) is 105 cm³/mol. The zero-order valence-corrected chi connectivity index (χ0v) is 16.4. The highest BCUT2D eigenvalue weighted by atomic mass is 19.1. The minimum Gasteiger partial charge on any atom is -0.477 e. The van der Waals surface area contributed by atoms with Gasteiger partial charge in [-0.05, 0) is 26.0 Å². The second-order valence-electron chi connectivity index (χ2n) is 8.51. The monoisotopic (exact) mass is 417 g/mol. The maximum Gasteiger partial charge on any atom is 0.341 e. The van der Waals surface area contributed by atoms with Crippen molar-refractivity contribution in [1.82, 2.24) is 9.47 Å². The summed E-state index contributed by atoms with van der Waals surface area (Å²) in [6, 6.07) is 0.711. The van der Waals surface area contributed by atoms with Gasteiger partial charge in [0.2, 0.25) is 5.43 Å². The number of aromatic carboxylic acids is 1. The second kappa shape index (κ2) is 6.60. The van der Waals surface area contributed by atoms with E-state index in [1.54, 1.807) is 4.90 Å². The quantitative estimate of drug-likeness (QED) is 0.823. The molecule has 2 saturated heterocycles. The van der Waals surface area contributed by atoms with Crippen LogP contribution >= 0.6 is 0 Å². The first-order valence-corrected chi connectivity index (χ1v) is 10.1. The van der Waals surface area contributed by atoms with Crippen molar-refractivity contribution in [2.24, 2.45) is 5.92 Å². The number of likely N-dealkylation sites (tertiary alicyclic amines) is 1. The van der Waals surface area contributed by atoms with Crippen LogP contribution in [-0.2, 0) is 4.79 Å². The summed E-state index contributed by atoms with van der Waals surface area (Å²) in [5, 5.41) is 9.07. The average molecular weight is 417 g/mol. The fourth-order valence-corrected chi connectivity index (χ4v) is 4.88. The van der Waals surface area contributed by atoms with Crippen molar-refractivity contribution in [2.45, 2.75) is 31.3 Å². The van der Waals surface area contributed by atoms with Crippen LogP contribution in [0.15, 0.2) is 17.1 Å². The van der Waals surface area contributed by atoms with Crippen LogP contribution in [0.25, 0.3) is 10.9 Å². The highest BCUT2D eigenvalue weighted by Gasteiger charge is 2.44. The van der Waals surface area contributed by atoms with Gasteiger partial charge in [0.25, 0.3) is 0 Å². The number of fused-ring (bicyclic) bond motifs is 2. The van der Waals surface area contributed by atoms with Crippen molar-refractivity contribution in [3.63, 3.8) is 0 Å². The van der Waals surface area contributed by atoms with Crippen LogP contribution < -0.4 is 10.3 Å². The lowest BCUT2D eigenvalue weighted by atomic mass is 9.91. The first-order valence-electron chi connectivity index (χ1n) is 10.1. The minimum atomic E-state index is -1.42. The van der Waals surface area contributed by atoms with Gasteiger partial charge in [-0.15, -0.1) is 0 Å². The summed E-state index contributed by atoms with van der Waals surface area (Å²) in [5.74, 6) is -3.43. The Labute approximate surface area is 170 Å². The number of pyridine rings is 1. The fourth-order valence-electron chi connectivity index (χ4n) is 4.88. The highest BCUT2D eigenvalue weighted by Crippen LogP contribution is 2.41. The molecule has 2 aliphatic heterocycles. The molecule has 3 heterocycles. The van der Waals surface area contributed by atoms with Crippen LogP contribution in [0.4, 0.5) is 14.5 Å². The van der Waals surface area contributed by atoms with Crippen LogP contribution in [0.1, 0.15) is 35.7 Å². The number of benzene rings is 1. The molecule has 1 aromatic carbocycles. The van der Waals surface area contributed by atoms with E-state index in [1.807, 2.05) is 11.9 Å². The van der Waals surface area contributed by atoms with E-state index in [1.165, 1.54) is 4.57 Å². The van der Waals surface area contributed by atoms with E-state index in [4.69, 9.17) is 0 Å². The lowest BCUT2D eigenvalue weighted by Crippen LogP contribution is -2.46. The molecule has 1 N–H and O–H groups in total. The molecule has 0 radical (unpaired) electrons. The number of nitrogens with zero attached hydrogens (tertiary/aromatic N) is 3. The summed E-state index contributed by atoms with van der Waals surface area (Å²) < 4.78 is 32.3. The van der Waals surface area contributed by atoms with Gasteiger partial charge < -0.3 is 19.5 Å². The number of carbonyl (C=O) groups is 2. The molecule has 30 heavy (non-hydrogen) atoms. The SMILES string of the molecule is CN1CCC(=O)C2CN(c3c(F)cc4c(=O)c(C(=O)O)cn(C5CC5)c4c3F)CC21. The van der Waals surface area contributed by atoms with E-state index in [-0.39, 0.29) is 46.9 Å². The van der Waals surface area contributed by atoms with Crippen LogP contribution in [0.5, 0.6) is 0 Å². The van der Waals surface area contributed by atoms with E-state index in [2.05, 4.69) is 0 Å². The second-order valence-corrected chi connectivity index (χ2v) is 8.51. The smallest absolute Gasteiger partial charge is 0.341 e. The zero-order valence-electron chi connectivity index (χ0n) is 16.4. The summed E-state index contributed by atoms with van der Waals surface area (Å²) in [7, 11) is 1.90. The van der Waals surface area contributed by atoms with Crippen molar-refractivity contribution >= 4 is 28.3 Å². The molecule has 1 aliphatic carbocycles. The van der Waals surface area contributed by atoms with Gasteiger partial charge in [0.05, 0.1) is 16.8 Å². The topological polar surface area (TPSA) is 82.8 Å². The Morgan fingerprint density at radius 1 is 1.20 bits per heavy atom. The van der Waals surface area contributed by atoms with Gasteiger partial charge in [-0.3, -0.25) is 9.59 Å². The molecule has 2 aromatic rings. The first-order chi connectivity index (χ1) is 14.3. The van der Waals surface area contributed by atoms with Crippen LogP contribution in [0.3, 0.4) is 0 Å². The Balaban J connectivity index is 1.68. The van der Waals surface area contributed by atoms with Crippen molar-refractivity contribution < 1.29 is 23.5 Å². The number of aromatic nitrogens is 1. The van der Waals surface area contributed by atoms with Crippen LogP contribution in [0.2, 0.25) is 0 Å². The number of rotatable bonds is 3. The third-order valence-electron chi connectivity index (χ3n) is 6.65. The normalized spacial score (nSPS) is 24.5. The third-order valence-corrected chi connectivity index (χ3v) is 6.65. The molecule has 0 spiro atoms. The summed E-state index contributed by atoms with van der Waals surface area (Å²) in [4.78, 5) is 40.0. The molecular formula is C21H21F2N3O4. The first kappa shape index (κ1) is 19.2. The van der Waals surface area contributed by atoms with Crippen LogP contribution in [-0.4, -0.2) is 59.0 Å². The summed E-state index contributed by atoms with van der Waals surface area (Å²) in [6.07, 6.45) is 3.05. The number of piperidine rings is 1. The number of likely N-dealkylation sites (N-methyl/N-ethyl adjacent to an activating group) is 1. The number of ketones is 1. The Morgan fingerprint density at radius 2 is 1.93 bits per heavy atom. The Morgan fingerprint density at radius 3 is 2.57 bits per heavy atom. The molecule has 3 aliphatic rings. The Kier molecular flexibility index (Phi) is 4.22. The van der Waals surface area contributed by atoms with E-state index in [0.29, 0.717) is 19.5 Å². The lowest BCUT2D eigenvalue weighted by molar-refractivity contribution is -0.126. The van der Waals surface area contributed by atoms with Crippen LogP contribution in [0, 0.1) is 17.6 Å². The molecule has 2 unspecified atom stereocenters. The Hall–Kier alpha value is -2.81. The third kappa shape index (κ3) is 2.75. The van der Waals surface area contributed by atoms with Gasteiger partial charge in [-0.2, -0.15) is 0 Å². The minimum absolute atomic E-state index is 0.0709. The van der Waals surface area contributed by atoms with Crippen molar-refractivity contribution in [1.29, 1.82) is 0 Å². The number of hydrogen-bond acceptors (Lipinski definition) is 5. The zero-order chi connectivity index (χ0) is 21.3. The van der Waals surface area contributed by atoms with Gasteiger partial charge >= 0.3 is 5.97 Å². The average Bonchev–Trinajstić information content (AvgIpc) is 3.44. The summed E-state index contributed by atoms with van der Waals surface area (Å²) in [6.45, 7) is 1.15. The maximum absolute atomic E-state index is 15.7. The highest BCUT2D eigenvalue weighted by molar-refractivity contribution is 5.94. The molecule has 7 nitrogen and oxygen atoms in total. The van der Waals surface area contributed by atoms with Gasteiger partial charge in [0, 0.05) is 44.3 Å². The van der Waals surface area contributed by atoms with Gasteiger partial charge in [0.15, 0.2) is 5.82 Å². The number of carbonyl (C=O) groups excluding carboxylic acids is 1. The number of halogens is 2. The summed E-state index contributed by atoms with van der Waals surface area (Å²) in [5.41, 5.74) is -1.72. The predicted octanol–water partition coefficient (Wildman–Crippen LogP) is 2.02. The maximum atomic E-state index is 15.7. The number of carboxylic acid groups (broad SMARTS) is 1. The molecule has 0 bridgehead atoms. The van der Waals surface area contributed by atoms with Gasteiger partial charge in [0.1, 0.15) is 22.9 Å². The molecule has 1 saturated carbocycles. The van der Waals surface area contributed by atoms with Crippen molar-refractivity contribution in [3.8, 4) is 0 Å². The summed E-state index contributed by atoms with van der Waals surface area (Å²) >= 11 is 0. The van der Waals surface area contributed by atoms with Gasteiger partial charge in [-0.25, -0.2) is 13.6 Å². The van der Waals surface area contributed by atoms with Gasteiger partial charge in [-0.1, -0.05) is 0 Å². The standard InChI is InChI=1S/C21H21F2N3O4/c1-24-5-4-16(27)12-7-25(9-15(12)24)19-14(22)6-11-18(17(19)23)26(10-2-3-10)8-13(20(11)28)21(29)30/h6,8,10,12,15H,2-5,7,9H2,1H3,(H,29,30). The molecular weight excluding hydrogens is 396 g/mol. The number of Topliss-reactive ketones (excluding diaryl/α,β-unsaturated/α-hetero) is 1. The molecule has 2 atom stereocenters. The van der Waals surface area contributed by atoms with E-state index >= 15 is 8.78 Å². The molecule has 3 fully saturated rings. The number of hydrogen-bond donors (Lipinski definition) is 1. The Bertz CT molecular complexity index is 1160. The van der Waals surface area contributed by atoms with E-state index in [9.17, 15) is 19.5 Å². The van der Waals surface area contributed by atoms with E-state index in [0.717, 1.165) is 25.1 Å².